The zero-order valence-corrected chi connectivity index (χ0v) is 13.3. The predicted molar refractivity (Wildman–Crippen MR) is 94.5 cm³/mol. The Morgan fingerprint density at radius 1 is 1.00 bits per heavy atom. The maximum absolute atomic E-state index is 13.6. The van der Waals surface area contributed by atoms with E-state index in [-0.39, 0.29) is 18.3 Å². The van der Waals surface area contributed by atoms with Crippen molar-refractivity contribution in [2.45, 2.75) is 0 Å². The van der Waals surface area contributed by atoms with Gasteiger partial charge in [-0.3, -0.25) is 4.79 Å². The molecule has 0 saturated carbocycles. The van der Waals surface area contributed by atoms with Crippen molar-refractivity contribution in [3.05, 3.63) is 78.7 Å². The number of nitrogens with zero attached hydrogens (tertiary/aromatic N) is 1. The summed E-state index contributed by atoms with van der Waals surface area (Å²) < 4.78 is 19.0. The van der Waals surface area contributed by atoms with Gasteiger partial charge in [0.25, 0.3) is 5.91 Å². The van der Waals surface area contributed by atoms with E-state index in [4.69, 9.17) is 4.74 Å². The lowest BCUT2D eigenvalue weighted by Gasteiger charge is -2.09. The van der Waals surface area contributed by atoms with Crippen LogP contribution >= 0.6 is 0 Å². The third-order valence-corrected chi connectivity index (χ3v) is 3.30. The van der Waals surface area contributed by atoms with Gasteiger partial charge in [0.1, 0.15) is 17.4 Å². The van der Waals surface area contributed by atoms with Crippen LogP contribution in [0, 0.1) is 5.82 Å². The fraction of sp³-hybridized carbons (Fsp3) is 0.0526. The van der Waals surface area contributed by atoms with E-state index in [0.717, 1.165) is 0 Å². The molecular weight excluding hydrogens is 321 g/mol. The Balaban J connectivity index is 1.53. The Labute approximate surface area is 144 Å². The number of benzene rings is 2. The summed E-state index contributed by atoms with van der Waals surface area (Å²) in [5.74, 6) is 0.448. The number of para-hydroxylation sites is 2. The third-order valence-electron chi connectivity index (χ3n) is 3.30. The summed E-state index contributed by atoms with van der Waals surface area (Å²) in [6.45, 7) is -0.0980. The van der Waals surface area contributed by atoms with Gasteiger partial charge in [-0.1, -0.05) is 30.3 Å². The zero-order valence-electron chi connectivity index (χ0n) is 13.3. The third kappa shape index (κ3) is 4.78. The summed E-state index contributed by atoms with van der Waals surface area (Å²) in [6, 6.07) is 18.7. The molecule has 1 aromatic heterocycles. The van der Waals surface area contributed by atoms with Gasteiger partial charge < -0.3 is 15.4 Å². The molecule has 0 bridgehead atoms. The van der Waals surface area contributed by atoms with Crippen LogP contribution in [0.25, 0.3) is 0 Å². The number of ether oxygens (including phenoxy) is 1. The second-order valence-electron chi connectivity index (χ2n) is 5.19. The van der Waals surface area contributed by atoms with Crippen LogP contribution in [-0.2, 0) is 4.79 Å². The first kappa shape index (κ1) is 16.4. The van der Waals surface area contributed by atoms with Gasteiger partial charge in [-0.2, -0.15) is 0 Å². The van der Waals surface area contributed by atoms with Crippen molar-refractivity contribution in [3.8, 4) is 5.75 Å². The van der Waals surface area contributed by atoms with Gasteiger partial charge in [0.2, 0.25) is 0 Å². The molecule has 3 aromatic rings. The molecular formula is C19H16FN3O2. The maximum Gasteiger partial charge on any atom is 0.262 e. The number of nitrogens with one attached hydrogen (secondary N) is 2. The van der Waals surface area contributed by atoms with Crippen molar-refractivity contribution >= 4 is 23.1 Å². The molecule has 0 aliphatic carbocycles. The number of hydrogen-bond acceptors (Lipinski definition) is 4. The Morgan fingerprint density at radius 3 is 2.48 bits per heavy atom. The van der Waals surface area contributed by atoms with Gasteiger partial charge >= 0.3 is 0 Å². The average Bonchev–Trinajstić information content (AvgIpc) is 2.64. The molecule has 126 valence electrons. The second kappa shape index (κ2) is 7.92. The smallest absolute Gasteiger partial charge is 0.262 e. The van der Waals surface area contributed by atoms with Crippen LogP contribution in [-0.4, -0.2) is 17.5 Å². The minimum Gasteiger partial charge on any atom is -0.484 e. The normalized spacial score (nSPS) is 10.1. The molecule has 0 fully saturated rings. The fourth-order valence-corrected chi connectivity index (χ4v) is 2.10. The largest absolute Gasteiger partial charge is 0.484 e. The van der Waals surface area contributed by atoms with E-state index in [1.165, 1.54) is 12.3 Å². The number of carbonyl (C=O) groups excluding carboxylic acids is 1. The van der Waals surface area contributed by atoms with E-state index in [1.807, 2.05) is 18.2 Å². The molecule has 0 aliphatic heterocycles. The molecule has 0 aliphatic rings. The van der Waals surface area contributed by atoms with Crippen molar-refractivity contribution in [3.63, 3.8) is 0 Å². The SMILES string of the molecule is O=C(COc1ccccc1)Nc1ccc(Nc2ccccc2F)nc1. The van der Waals surface area contributed by atoms with Crippen LogP contribution in [0.3, 0.4) is 0 Å². The topological polar surface area (TPSA) is 63.2 Å². The predicted octanol–water partition coefficient (Wildman–Crippen LogP) is 3.98. The lowest BCUT2D eigenvalue weighted by molar-refractivity contribution is -0.118. The van der Waals surface area contributed by atoms with E-state index in [1.54, 1.807) is 42.5 Å². The molecule has 2 aromatic carbocycles. The lowest BCUT2D eigenvalue weighted by Crippen LogP contribution is -2.20. The van der Waals surface area contributed by atoms with E-state index in [0.29, 0.717) is 22.9 Å². The molecule has 3 rings (SSSR count). The van der Waals surface area contributed by atoms with Crippen LogP contribution in [0.2, 0.25) is 0 Å². The molecule has 0 unspecified atom stereocenters. The molecule has 6 heteroatoms. The van der Waals surface area contributed by atoms with Gasteiger partial charge in [0.05, 0.1) is 17.6 Å². The summed E-state index contributed by atoms with van der Waals surface area (Å²) in [4.78, 5) is 16.0. The van der Waals surface area contributed by atoms with E-state index < -0.39 is 0 Å². The Kier molecular flexibility index (Phi) is 5.21. The molecule has 0 atom stereocenters. The summed E-state index contributed by atoms with van der Waals surface area (Å²) in [5.41, 5.74) is 0.865. The van der Waals surface area contributed by atoms with Gasteiger partial charge in [-0.15, -0.1) is 0 Å². The van der Waals surface area contributed by atoms with Crippen molar-refractivity contribution in [1.29, 1.82) is 0 Å². The number of carbonyl (C=O) groups is 1. The van der Waals surface area contributed by atoms with E-state index >= 15 is 0 Å². The van der Waals surface area contributed by atoms with Crippen LogP contribution in [0.15, 0.2) is 72.9 Å². The molecule has 1 heterocycles. The first-order chi connectivity index (χ1) is 12.2. The first-order valence-corrected chi connectivity index (χ1v) is 7.66. The highest BCUT2D eigenvalue weighted by Gasteiger charge is 2.05. The molecule has 0 spiro atoms. The minimum absolute atomic E-state index is 0.0980. The molecule has 0 radical (unpaired) electrons. The average molecular weight is 337 g/mol. The lowest BCUT2D eigenvalue weighted by atomic mass is 10.3. The Morgan fingerprint density at radius 2 is 1.76 bits per heavy atom. The summed E-state index contributed by atoms with van der Waals surface area (Å²) in [6.07, 6.45) is 1.49. The fourth-order valence-electron chi connectivity index (χ4n) is 2.10. The van der Waals surface area contributed by atoms with Crippen LogP contribution in [0.1, 0.15) is 0 Å². The first-order valence-electron chi connectivity index (χ1n) is 7.66. The number of hydrogen-bond donors (Lipinski definition) is 2. The molecule has 1 amide bonds. The minimum atomic E-state index is -0.361. The van der Waals surface area contributed by atoms with Crippen LogP contribution in [0.4, 0.5) is 21.6 Å². The number of amides is 1. The van der Waals surface area contributed by atoms with Gasteiger partial charge in [-0.25, -0.2) is 9.37 Å². The van der Waals surface area contributed by atoms with Crippen LogP contribution < -0.4 is 15.4 Å². The summed E-state index contributed by atoms with van der Waals surface area (Å²) >= 11 is 0. The Bertz CT molecular complexity index is 839. The summed E-state index contributed by atoms with van der Waals surface area (Å²) in [7, 11) is 0. The van der Waals surface area contributed by atoms with Crippen molar-refractivity contribution < 1.29 is 13.9 Å². The van der Waals surface area contributed by atoms with Crippen molar-refractivity contribution in [2.75, 3.05) is 17.2 Å². The number of pyridine rings is 1. The van der Waals surface area contributed by atoms with E-state index in [2.05, 4.69) is 15.6 Å². The highest BCUT2D eigenvalue weighted by Crippen LogP contribution is 2.19. The van der Waals surface area contributed by atoms with E-state index in [9.17, 15) is 9.18 Å². The molecule has 2 N–H and O–H groups in total. The number of anilines is 3. The van der Waals surface area contributed by atoms with Gasteiger partial charge in [-0.05, 0) is 36.4 Å². The van der Waals surface area contributed by atoms with Gasteiger partial charge in [0.15, 0.2) is 6.61 Å². The molecule has 5 nitrogen and oxygen atoms in total. The standard InChI is InChI=1S/C19H16FN3O2/c20-16-8-4-5-9-17(16)23-18-11-10-14(12-21-18)22-19(24)13-25-15-6-2-1-3-7-15/h1-12H,13H2,(H,21,23)(H,22,24). The van der Waals surface area contributed by atoms with Crippen LogP contribution in [0.5, 0.6) is 5.75 Å². The Hall–Kier alpha value is -3.41. The highest BCUT2D eigenvalue weighted by atomic mass is 19.1. The quantitative estimate of drug-likeness (QED) is 0.714. The molecule has 25 heavy (non-hydrogen) atoms. The van der Waals surface area contributed by atoms with Crippen molar-refractivity contribution in [2.24, 2.45) is 0 Å². The number of rotatable bonds is 6. The molecule has 0 saturated heterocycles. The monoisotopic (exact) mass is 337 g/mol. The van der Waals surface area contributed by atoms with Crippen molar-refractivity contribution in [1.82, 2.24) is 4.98 Å². The second-order valence-corrected chi connectivity index (χ2v) is 5.19. The summed E-state index contributed by atoms with van der Waals surface area (Å²) in [5, 5.41) is 5.56. The maximum atomic E-state index is 13.6. The zero-order chi connectivity index (χ0) is 17.5. The van der Waals surface area contributed by atoms with Gasteiger partial charge in [0, 0.05) is 0 Å². The highest BCUT2D eigenvalue weighted by molar-refractivity contribution is 5.91. The number of halogens is 1. The number of aromatic nitrogens is 1.